The van der Waals surface area contributed by atoms with Crippen LogP contribution in [-0.4, -0.2) is 9.65 Å². The van der Waals surface area contributed by atoms with Gasteiger partial charge in [-0.3, -0.25) is 0 Å². The standard InChI is InChI=1S/C6H11Br2/c1-3-5(7)6(8)4-2/h3,5-6H,4H2,1-2H3. The summed E-state index contributed by atoms with van der Waals surface area (Å²) < 4.78 is 0. The Hall–Kier alpha value is 0.960. The van der Waals surface area contributed by atoms with E-state index in [1.54, 1.807) is 0 Å². The van der Waals surface area contributed by atoms with Gasteiger partial charge in [0.05, 0.1) is 0 Å². The molecule has 0 N–H and O–H groups in total. The van der Waals surface area contributed by atoms with E-state index in [1.165, 1.54) is 6.42 Å². The summed E-state index contributed by atoms with van der Waals surface area (Å²) >= 11 is 7.02. The topological polar surface area (TPSA) is 0 Å². The first-order valence-electron chi connectivity index (χ1n) is 2.80. The van der Waals surface area contributed by atoms with Crippen molar-refractivity contribution in [3.63, 3.8) is 0 Å². The van der Waals surface area contributed by atoms with Crippen molar-refractivity contribution in [2.45, 2.75) is 29.9 Å². The van der Waals surface area contributed by atoms with Crippen molar-refractivity contribution >= 4 is 31.9 Å². The lowest BCUT2D eigenvalue weighted by Gasteiger charge is -2.10. The normalized spacial score (nSPS) is 18.0. The van der Waals surface area contributed by atoms with Crippen molar-refractivity contribution in [1.82, 2.24) is 0 Å². The summed E-state index contributed by atoms with van der Waals surface area (Å²) in [5.74, 6) is 0. The molecule has 2 atom stereocenters. The number of alkyl halides is 2. The average Bonchev–Trinajstić information content (AvgIpc) is 1.84. The Morgan fingerprint density at radius 1 is 1.50 bits per heavy atom. The quantitative estimate of drug-likeness (QED) is 0.668. The lowest BCUT2D eigenvalue weighted by atomic mass is 10.2. The van der Waals surface area contributed by atoms with Crippen molar-refractivity contribution in [3.8, 4) is 0 Å². The third-order valence-electron chi connectivity index (χ3n) is 1.05. The van der Waals surface area contributed by atoms with Gasteiger partial charge in [-0.2, -0.15) is 0 Å². The minimum absolute atomic E-state index is 0.521. The Morgan fingerprint density at radius 2 is 2.00 bits per heavy atom. The van der Waals surface area contributed by atoms with Gasteiger partial charge in [0.25, 0.3) is 0 Å². The molecular formula is C6H11Br2. The second-order valence-electron chi connectivity index (χ2n) is 1.70. The summed E-state index contributed by atoms with van der Waals surface area (Å²) in [5.41, 5.74) is 0. The molecule has 0 saturated carbocycles. The second-order valence-corrected chi connectivity index (χ2v) is 3.94. The van der Waals surface area contributed by atoms with E-state index < -0.39 is 0 Å². The highest BCUT2D eigenvalue weighted by Gasteiger charge is 2.09. The molecule has 0 aromatic rings. The number of hydrogen-bond donors (Lipinski definition) is 0. The molecule has 0 amide bonds. The van der Waals surface area contributed by atoms with E-state index in [2.05, 4.69) is 52.1 Å². The van der Waals surface area contributed by atoms with Gasteiger partial charge in [-0.15, -0.1) is 0 Å². The fraction of sp³-hybridized carbons (Fsp3) is 0.833. The first-order chi connectivity index (χ1) is 3.72. The Kier molecular flexibility index (Phi) is 5.38. The molecule has 2 unspecified atom stereocenters. The molecule has 0 aromatic carbocycles. The Morgan fingerprint density at radius 3 is 2.12 bits per heavy atom. The molecule has 0 rings (SSSR count). The maximum Gasteiger partial charge on any atom is 0.0299 e. The molecule has 0 bridgehead atoms. The molecule has 0 aliphatic heterocycles. The van der Waals surface area contributed by atoms with Crippen LogP contribution in [0, 0.1) is 6.42 Å². The van der Waals surface area contributed by atoms with E-state index in [1.807, 2.05) is 0 Å². The van der Waals surface area contributed by atoms with Crippen molar-refractivity contribution in [3.05, 3.63) is 6.42 Å². The Bertz CT molecular complexity index is 46.5. The molecule has 49 valence electrons. The molecule has 0 nitrogen and oxygen atoms in total. The minimum Gasteiger partial charge on any atom is -0.0879 e. The largest absolute Gasteiger partial charge is 0.0879 e. The summed E-state index contributed by atoms with van der Waals surface area (Å²) in [7, 11) is 0. The number of hydrogen-bond acceptors (Lipinski definition) is 0. The van der Waals surface area contributed by atoms with Gasteiger partial charge in [-0.25, -0.2) is 0 Å². The molecule has 2 heteroatoms. The highest BCUT2D eigenvalue weighted by atomic mass is 79.9. The van der Waals surface area contributed by atoms with Gasteiger partial charge in [0.1, 0.15) is 0 Å². The maximum atomic E-state index is 3.52. The number of halogens is 2. The van der Waals surface area contributed by atoms with Gasteiger partial charge in [-0.05, 0) is 12.8 Å². The van der Waals surface area contributed by atoms with Crippen LogP contribution in [0.3, 0.4) is 0 Å². The second kappa shape index (κ2) is 4.80. The molecule has 0 aliphatic carbocycles. The maximum absolute atomic E-state index is 3.52. The van der Waals surface area contributed by atoms with Crippen LogP contribution in [0.15, 0.2) is 0 Å². The highest BCUT2D eigenvalue weighted by molar-refractivity contribution is 9.12. The first kappa shape index (κ1) is 8.96. The smallest absolute Gasteiger partial charge is 0.0299 e. The summed E-state index contributed by atoms with van der Waals surface area (Å²) in [5, 5.41) is 0. The zero-order chi connectivity index (χ0) is 6.57. The van der Waals surface area contributed by atoms with Gasteiger partial charge in [0, 0.05) is 9.65 Å². The van der Waals surface area contributed by atoms with E-state index in [-0.39, 0.29) is 0 Å². The van der Waals surface area contributed by atoms with Gasteiger partial charge < -0.3 is 0 Å². The van der Waals surface area contributed by atoms with Gasteiger partial charge in [0.2, 0.25) is 0 Å². The van der Waals surface area contributed by atoms with Gasteiger partial charge >= 0.3 is 0 Å². The molecular weight excluding hydrogens is 232 g/mol. The molecule has 0 heterocycles. The molecule has 0 aromatic heterocycles. The van der Waals surface area contributed by atoms with Crippen LogP contribution in [0.1, 0.15) is 20.3 Å². The van der Waals surface area contributed by atoms with Crippen LogP contribution in [0.25, 0.3) is 0 Å². The monoisotopic (exact) mass is 241 g/mol. The Balaban J connectivity index is 3.29. The predicted molar refractivity (Wildman–Crippen MR) is 45.7 cm³/mol. The van der Waals surface area contributed by atoms with Crippen LogP contribution in [0.5, 0.6) is 0 Å². The zero-order valence-electron chi connectivity index (χ0n) is 5.20. The average molecular weight is 243 g/mol. The van der Waals surface area contributed by atoms with Crippen molar-refractivity contribution in [1.29, 1.82) is 0 Å². The molecule has 0 fully saturated rings. The van der Waals surface area contributed by atoms with Crippen LogP contribution >= 0.6 is 31.9 Å². The van der Waals surface area contributed by atoms with Gasteiger partial charge in [0.15, 0.2) is 0 Å². The molecule has 8 heavy (non-hydrogen) atoms. The molecule has 0 aliphatic rings. The Labute approximate surface area is 68.3 Å². The van der Waals surface area contributed by atoms with Crippen molar-refractivity contribution in [2.75, 3.05) is 0 Å². The predicted octanol–water partition coefficient (Wildman–Crippen LogP) is 3.15. The summed E-state index contributed by atoms with van der Waals surface area (Å²) in [6.07, 6.45) is 3.31. The number of rotatable bonds is 3. The summed E-state index contributed by atoms with van der Waals surface area (Å²) in [6, 6.07) is 0. The fourth-order valence-corrected chi connectivity index (χ4v) is 1.11. The SMILES string of the molecule is C[CH]C(Br)C(Br)CC. The first-order valence-corrected chi connectivity index (χ1v) is 4.63. The third kappa shape index (κ3) is 3.08. The minimum atomic E-state index is 0.521. The van der Waals surface area contributed by atoms with Gasteiger partial charge in [-0.1, -0.05) is 45.7 Å². The van der Waals surface area contributed by atoms with Crippen molar-refractivity contribution in [2.24, 2.45) is 0 Å². The zero-order valence-corrected chi connectivity index (χ0v) is 8.37. The van der Waals surface area contributed by atoms with E-state index in [0.717, 1.165) is 0 Å². The van der Waals surface area contributed by atoms with Crippen LogP contribution in [0.4, 0.5) is 0 Å². The van der Waals surface area contributed by atoms with E-state index in [4.69, 9.17) is 0 Å². The van der Waals surface area contributed by atoms with Crippen LogP contribution < -0.4 is 0 Å². The highest BCUT2D eigenvalue weighted by Crippen LogP contribution is 2.18. The van der Waals surface area contributed by atoms with Crippen LogP contribution in [0.2, 0.25) is 0 Å². The van der Waals surface area contributed by atoms with Crippen LogP contribution in [-0.2, 0) is 0 Å². The van der Waals surface area contributed by atoms with E-state index >= 15 is 0 Å². The summed E-state index contributed by atoms with van der Waals surface area (Å²) in [4.78, 5) is 1.11. The lowest BCUT2D eigenvalue weighted by Crippen LogP contribution is -2.11. The van der Waals surface area contributed by atoms with Crippen molar-refractivity contribution < 1.29 is 0 Å². The lowest BCUT2D eigenvalue weighted by molar-refractivity contribution is 0.841. The third-order valence-corrected chi connectivity index (χ3v) is 4.15. The molecule has 0 spiro atoms. The van der Waals surface area contributed by atoms with E-state index in [9.17, 15) is 0 Å². The molecule has 0 saturated heterocycles. The summed E-state index contributed by atoms with van der Waals surface area (Å²) in [6.45, 7) is 4.22. The fourth-order valence-electron chi connectivity index (χ4n) is 0.434. The van der Waals surface area contributed by atoms with E-state index in [0.29, 0.717) is 9.65 Å². The molecule has 1 radical (unpaired) electrons.